The van der Waals surface area contributed by atoms with Crippen molar-refractivity contribution in [2.24, 2.45) is 5.73 Å². The minimum atomic E-state index is -0.857. The molecule has 0 aliphatic carbocycles. The lowest BCUT2D eigenvalue weighted by Crippen LogP contribution is -2.23. The zero-order chi connectivity index (χ0) is 11.3. The van der Waals surface area contributed by atoms with Crippen LogP contribution in [0.4, 0.5) is 4.39 Å². The molecule has 15 heavy (non-hydrogen) atoms. The Labute approximate surface area is 87.7 Å². The monoisotopic (exact) mass is 211 g/mol. The van der Waals surface area contributed by atoms with E-state index in [2.05, 4.69) is 0 Å². The molecule has 0 radical (unpaired) electrons. The fraction of sp³-hybridized carbons (Fsp3) is 0.364. The van der Waals surface area contributed by atoms with Gasteiger partial charge in [-0.05, 0) is 30.5 Å². The van der Waals surface area contributed by atoms with E-state index < -0.39 is 5.97 Å². The van der Waals surface area contributed by atoms with E-state index in [1.165, 1.54) is 12.1 Å². The number of halogens is 1. The average molecular weight is 211 g/mol. The summed E-state index contributed by atoms with van der Waals surface area (Å²) >= 11 is 0. The Morgan fingerprint density at radius 2 is 2.27 bits per heavy atom. The zero-order valence-electron chi connectivity index (χ0n) is 8.32. The molecule has 1 aromatic carbocycles. The van der Waals surface area contributed by atoms with Crippen LogP contribution in [-0.4, -0.2) is 17.1 Å². The largest absolute Gasteiger partial charge is 0.481 e. The first-order chi connectivity index (χ1) is 7.08. The van der Waals surface area contributed by atoms with Crippen LogP contribution in [0.5, 0.6) is 0 Å². The topological polar surface area (TPSA) is 63.3 Å². The highest BCUT2D eigenvalue weighted by Crippen LogP contribution is 2.08. The molecule has 1 atom stereocenters. The maximum Gasteiger partial charge on any atom is 0.303 e. The Hall–Kier alpha value is -1.42. The summed E-state index contributed by atoms with van der Waals surface area (Å²) in [6.45, 7) is 0. The molecule has 0 bridgehead atoms. The van der Waals surface area contributed by atoms with Crippen LogP contribution in [0.3, 0.4) is 0 Å². The number of rotatable bonds is 5. The second kappa shape index (κ2) is 5.46. The van der Waals surface area contributed by atoms with Crippen LogP contribution < -0.4 is 5.73 Å². The molecule has 1 rings (SSSR count). The minimum absolute atomic E-state index is 0.0521. The van der Waals surface area contributed by atoms with Crippen LogP contribution in [0.1, 0.15) is 18.4 Å². The molecule has 0 aromatic heterocycles. The van der Waals surface area contributed by atoms with E-state index in [-0.39, 0.29) is 18.3 Å². The summed E-state index contributed by atoms with van der Waals surface area (Å²) in [6, 6.07) is 5.95. The maximum absolute atomic E-state index is 12.8. The van der Waals surface area contributed by atoms with Gasteiger partial charge in [-0.1, -0.05) is 12.1 Å². The Morgan fingerprint density at radius 3 is 2.87 bits per heavy atom. The van der Waals surface area contributed by atoms with Crippen molar-refractivity contribution in [2.75, 3.05) is 0 Å². The molecule has 3 nitrogen and oxygen atoms in total. The molecular weight excluding hydrogens is 197 g/mol. The Bertz CT molecular complexity index is 341. The first-order valence-electron chi connectivity index (χ1n) is 4.80. The first kappa shape index (κ1) is 11.7. The molecule has 0 saturated carbocycles. The molecule has 0 fully saturated rings. The molecule has 0 saturated heterocycles. The van der Waals surface area contributed by atoms with Crippen molar-refractivity contribution in [1.82, 2.24) is 0 Å². The van der Waals surface area contributed by atoms with E-state index in [1.807, 2.05) is 0 Å². The average Bonchev–Trinajstić information content (AvgIpc) is 2.15. The number of carboxylic acids is 1. The fourth-order valence-electron chi connectivity index (χ4n) is 1.38. The van der Waals surface area contributed by atoms with Crippen molar-refractivity contribution in [3.05, 3.63) is 35.6 Å². The number of aliphatic carboxylic acids is 1. The summed E-state index contributed by atoms with van der Waals surface area (Å²) in [4.78, 5) is 10.3. The molecule has 4 heteroatoms. The van der Waals surface area contributed by atoms with E-state index in [0.29, 0.717) is 12.8 Å². The third-order valence-electron chi connectivity index (χ3n) is 2.12. The van der Waals surface area contributed by atoms with Crippen LogP contribution >= 0.6 is 0 Å². The van der Waals surface area contributed by atoms with Gasteiger partial charge in [-0.2, -0.15) is 0 Å². The molecule has 82 valence electrons. The number of carbonyl (C=O) groups is 1. The minimum Gasteiger partial charge on any atom is -0.481 e. The van der Waals surface area contributed by atoms with Crippen molar-refractivity contribution >= 4 is 5.97 Å². The third kappa shape index (κ3) is 4.56. The lowest BCUT2D eigenvalue weighted by Gasteiger charge is -2.09. The number of nitrogens with two attached hydrogens (primary N) is 1. The van der Waals surface area contributed by atoms with Gasteiger partial charge in [0.05, 0.1) is 0 Å². The molecule has 3 N–H and O–H groups in total. The van der Waals surface area contributed by atoms with Gasteiger partial charge in [-0.3, -0.25) is 4.79 Å². The Morgan fingerprint density at radius 1 is 1.53 bits per heavy atom. The number of carboxylic acid groups (broad SMARTS) is 1. The lowest BCUT2D eigenvalue weighted by atomic mass is 10.0. The van der Waals surface area contributed by atoms with Crippen LogP contribution in [0, 0.1) is 5.82 Å². The van der Waals surface area contributed by atoms with Gasteiger partial charge in [-0.15, -0.1) is 0 Å². The van der Waals surface area contributed by atoms with Crippen molar-refractivity contribution in [3.63, 3.8) is 0 Å². The number of hydrogen-bond donors (Lipinski definition) is 2. The molecular formula is C11H14FNO2. The van der Waals surface area contributed by atoms with E-state index in [9.17, 15) is 9.18 Å². The SMILES string of the molecule is NC(CCC(=O)O)Cc1cccc(F)c1. The van der Waals surface area contributed by atoms with Gasteiger partial charge in [0.1, 0.15) is 5.82 Å². The van der Waals surface area contributed by atoms with Gasteiger partial charge in [0.2, 0.25) is 0 Å². The normalized spacial score (nSPS) is 12.4. The highest BCUT2D eigenvalue weighted by Gasteiger charge is 2.07. The molecule has 1 unspecified atom stereocenters. The summed E-state index contributed by atoms with van der Waals surface area (Å²) in [5.74, 6) is -1.15. The molecule has 0 aliphatic rings. The van der Waals surface area contributed by atoms with Crippen molar-refractivity contribution in [2.45, 2.75) is 25.3 Å². The summed E-state index contributed by atoms with van der Waals surface area (Å²) in [5.41, 5.74) is 6.52. The number of hydrogen-bond acceptors (Lipinski definition) is 2. The van der Waals surface area contributed by atoms with Gasteiger partial charge in [0.25, 0.3) is 0 Å². The molecule has 0 aliphatic heterocycles. The first-order valence-corrected chi connectivity index (χ1v) is 4.80. The van der Waals surface area contributed by atoms with Crippen LogP contribution in [0.2, 0.25) is 0 Å². The second-order valence-electron chi connectivity index (χ2n) is 3.53. The van der Waals surface area contributed by atoms with Crippen LogP contribution in [0.15, 0.2) is 24.3 Å². The highest BCUT2D eigenvalue weighted by atomic mass is 19.1. The van der Waals surface area contributed by atoms with E-state index in [0.717, 1.165) is 5.56 Å². The van der Waals surface area contributed by atoms with Crippen LogP contribution in [0.25, 0.3) is 0 Å². The Kier molecular flexibility index (Phi) is 4.24. The molecule has 0 amide bonds. The lowest BCUT2D eigenvalue weighted by molar-refractivity contribution is -0.137. The van der Waals surface area contributed by atoms with Crippen molar-refractivity contribution in [3.8, 4) is 0 Å². The van der Waals surface area contributed by atoms with E-state index >= 15 is 0 Å². The van der Waals surface area contributed by atoms with Crippen molar-refractivity contribution in [1.29, 1.82) is 0 Å². The molecule has 0 heterocycles. The van der Waals surface area contributed by atoms with Gasteiger partial charge in [0, 0.05) is 12.5 Å². The molecule has 0 spiro atoms. The summed E-state index contributed by atoms with van der Waals surface area (Å²) < 4.78 is 12.8. The third-order valence-corrected chi connectivity index (χ3v) is 2.12. The predicted molar refractivity (Wildman–Crippen MR) is 54.9 cm³/mol. The fourth-order valence-corrected chi connectivity index (χ4v) is 1.38. The second-order valence-corrected chi connectivity index (χ2v) is 3.53. The quantitative estimate of drug-likeness (QED) is 0.776. The van der Waals surface area contributed by atoms with E-state index in [4.69, 9.17) is 10.8 Å². The van der Waals surface area contributed by atoms with E-state index in [1.54, 1.807) is 12.1 Å². The zero-order valence-corrected chi connectivity index (χ0v) is 8.32. The standard InChI is InChI=1S/C11H14FNO2/c12-9-3-1-2-8(6-9)7-10(13)4-5-11(14)15/h1-3,6,10H,4-5,7,13H2,(H,14,15). The van der Waals surface area contributed by atoms with Crippen LogP contribution in [-0.2, 0) is 11.2 Å². The highest BCUT2D eigenvalue weighted by molar-refractivity contribution is 5.66. The molecule has 1 aromatic rings. The van der Waals surface area contributed by atoms with Crippen molar-refractivity contribution < 1.29 is 14.3 Å². The summed E-state index contributed by atoms with van der Waals surface area (Å²) in [7, 11) is 0. The van der Waals surface area contributed by atoms with Gasteiger partial charge in [0.15, 0.2) is 0 Å². The van der Waals surface area contributed by atoms with Gasteiger partial charge < -0.3 is 10.8 Å². The summed E-state index contributed by atoms with van der Waals surface area (Å²) in [6.07, 6.45) is 0.966. The van der Waals surface area contributed by atoms with Gasteiger partial charge >= 0.3 is 5.97 Å². The van der Waals surface area contributed by atoms with Gasteiger partial charge in [-0.25, -0.2) is 4.39 Å². The predicted octanol–water partition coefficient (Wildman–Crippen LogP) is 1.56. The maximum atomic E-state index is 12.8. The smallest absolute Gasteiger partial charge is 0.303 e. The number of benzene rings is 1. The Balaban J connectivity index is 2.44. The summed E-state index contributed by atoms with van der Waals surface area (Å²) in [5, 5.41) is 8.46.